The van der Waals surface area contributed by atoms with Crippen molar-refractivity contribution in [3.05, 3.63) is 29.8 Å². The van der Waals surface area contributed by atoms with E-state index >= 15 is 0 Å². The predicted octanol–water partition coefficient (Wildman–Crippen LogP) is 0.977. The van der Waals surface area contributed by atoms with Crippen LogP contribution in [0.1, 0.15) is 5.56 Å². The van der Waals surface area contributed by atoms with Gasteiger partial charge in [-0.25, -0.2) is 0 Å². The minimum atomic E-state index is 0.705. The Bertz CT molecular complexity index is 401. The van der Waals surface area contributed by atoms with E-state index in [9.17, 15) is 0 Å². The molecular weight excluding hydrogens is 214 g/mol. The van der Waals surface area contributed by atoms with E-state index in [1.807, 2.05) is 32.3 Å². The lowest BCUT2D eigenvalue weighted by atomic mass is 10.2. The van der Waals surface area contributed by atoms with Crippen molar-refractivity contribution in [3.8, 4) is 5.75 Å². The van der Waals surface area contributed by atoms with Crippen LogP contribution in [-0.4, -0.2) is 51.1 Å². The molecule has 0 fully saturated rings. The highest BCUT2D eigenvalue weighted by Gasteiger charge is 2.08. The molecule has 1 N–H and O–H groups in total. The molecule has 0 atom stereocenters. The summed E-state index contributed by atoms with van der Waals surface area (Å²) in [6.45, 7) is 3.42. The first kappa shape index (κ1) is 11.9. The van der Waals surface area contributed by atoms with E-state index < -0.39 is 0 Å². The fourth-order valence-corrected chi connectivity index (χ4v) is 1.67. The number of hydrogen-bond donors (Lipinski definition) is 1. The van der Waals surface area contributed by atoms with Crippen LogP contribution in [0.5, 0.6) is 5.75 Å². The number of amidine groups is 1. The van der Waals surface area contributed by atoms with Gasteiger partial charge in [0, 0.05) is 18.7 Å². The monoisotopic (exact) mass is 233 g/mol. The summed E-state index contributed by atoms with van der Waals surface area (Å²) in [5.74, 6) is 1.88. The third kappa shape index (κ3) is 3.46. The van der Waals surface area contributed by atoms with Crippen LogP contribution in [0.2, 0.25) is 0 Å². The van der Waals surface area contributed by atoms with Gasteiger partial charge in [0.15, 0.2) is 0 Å². The van der Waals surface area contributed by atoms with Gasteiger partial charge < -0.3 is 15.0 Å². The molecule has 4 nitrogen and oxygen atoms in total. The topological polar surface area (TPSA) is 36.9 Å². The molecule has 1 aromatic carbocycles. The molecular formula is C13H19N3O. The molecule has 0 saturated carbocycles. The van der Waals surface area contributed by atoms with Crippen molar-refractivity contribution in [1.82, 2.24) is 10.2 Å². The number of rotatable bonds is 5. The standard InChI is InChI=1S/C13H19N3O/c1-16(2)8-9-17-12-5-3-4-11(10-12)13-14-6-7-15-13/h3-5,10H,6-9H2,1-2H3,(H,14,15). The van der Waals surface area contributed by atoms with Gasteiger partial charge in [0.05, 0.1) is 6.54 Å². The fraction of sp³-hybridized carbons (Fsp3) is 0.462. The number of ether oxygens (including phenoxy) is 1. The third-order valence-electron chi connectivity index (χ3n) is 2.59. The SMILES string of the molecule is CN(C)CCOc1cccc(C2=NCCN2)c1. The average molecular weight is 233 g/mol. The fourth-order valence-electron chi connectivity index (χ4n) is 1.67. The summed E-state index contributed by atoms with van der Waals surface area (Å²) in [6.07, 6.45) is 0. The normalized spacial score (nSPS) is 14.6. The maximum atomic E-state index is 5.69. The van der Waals surface area contributed by atoms with Crippen molar-refractivity contribution in [1.29, 1.82) is 0 Å². The first-order chi connectivity index (χ1) is 8.25. The molecule has 17 heavy (non-hydrogen) atoms. The number of nitrogens with zero attached hydrogens (tertiary/aromatic N) is 2. The lowest BCUT2D eigenvalue weighted by molar-refractivity contribution is 0.261. The summed E-state index contributed by atoms with van der Waals surface area (Å²) in [6, 6.07) is 8.07. The van der Waals surface area contributed by atoms with Crippen LogP contribution in [0.4, 0.5) is 0 Å². The van der Waals surface area contributed by atoms with Crippen molar-refractivity contribution >= 4 is 5.84 Å². The third-order valence-corrected chi connectivity index (χ3v) is 2.59. The molecule has 1 heterocycles. The molecule has 1 aliphatic heterocycles. The number of benzene rings is 1. The highest BCUT2D eigenvalue weighted by molar-refractivity contribution is 6.00. The second-order valence-corrected chi connectivity index (χ2v) is 4.34. The van der Waals surface area contributed by atoms with Crippen molar-refractivity contribution < 1.29 is 4.74 Å². The van der Waals surface area contributed by atoms with E-state index in [1.54, 1.807) is 0 Å². The zero-order chi connectivity index (χ0) is 12.1. The molecule has 0 unspecified atom stereocenters. The van der Waals surface area contributed by atoms with Gasteiger partial charge in [-0.1, -0.05) is 12.1 Å². The predicted molar refractivity (Wildman–Crippen MR) is 69.9 cm³/mol. The number of likely N-dealkylation sites (N-methyl/N-ethyl adjacent to an activating group) is 1. The molecule has 1 aliphatic rings. The van der Waals surface area contributed by atoms with Gasteiger partial charge in [-0.2, -0.15) is 0 Å². The van der Waals surface area contributed by atoms with Crippen LogP contribution in [0.3, 0.4) is 0 Å². The molecule has 0 amide bonds. The van der Waals surface area contributed by atoms with E-state index in [1.165, 1.54) is 0 Å². The van der Waals surface area contributed by atoms with Crippen molar-refractivity contribution in [2.75, 3.05) is 40.3 Å². The van der Waals surface area contributed by atoms with Gasteiger partial charge in [-0.05, 0) is 26.2 Å². The Morgan fingerprint density at radius 3 is 3.00 bits per heavy atom. The number of nitrogens with one attached hydrogen (secondary N) is 1. The van der Waals surface area contributed by atoms with Gasteiger partial charge in [-0.15, -0.1) is 0 Å². The Morgan fingerprint density at radius 2 is 2.29 bits per heavy atom. The van der Waals surface area contributed by atoms with Crippen LogP contribution < -0.4 is 10.1 Å². The van der Waals surface area contributed by atoms with Gasteiger partial charge in [-0.3, -0.25) is 4.99 Å². The summed E-state index contributed by atoms with van der Waals surface area (Å²) in [4.78, 5) is 6.50. The quantitative estimate of drug-likeness (QED) is 0.823. The molecule has 2 rings (SSSR count). The van der Waals surface area contributed by atoms with Crippen LogP contribution in [0.25, 0.3) is 0 Å². The molecule has 4 heteroatoms. The molecule has 0 radical (unpaired) electrons. The summed E-state index contributed by atoms with van der Waals surface area (Å²) < 4.78 is 5.69. The number of hydrogen-bond acceptors (Lipinski definition) is 4. The van der Waals surface area contributed by atoms with Gasteiger partial charge in [0.1, 0.15) is 18.2 Å². The highest BCUT2D eigenvalue weighted by Crippen LogP contribution is 2.14. The molecule has 0 bridgehead atoms. The molecule has 1 aromatic rings. The Morgan fingerprint density at radius 1 is 1.41 bits per heavy atom. The first-order valence-corrected chi connectivity index (χ1v) is 5.92. The molecule has 0 saturated heterocycles. The maximum Gasteiger partial charge on any atom is 0.128 e. The van der Waals surface area contributed by atoms with Crippen molar-refractivity contribution in [2.24, 2.45) is 4.99 Å². The first-order valence-electron chi connectivity index (χ1n) is 5.92. The lowest BCUT2D eigenvalue weighted by Crippen LogP contribution is -2.20. The largest absolute Gasteiger partial charge is 0.492 e. The van der Waals surface area contributed by atoms with Crippen LogP contribution in [0, 0.1) is 0 Å². The average Bonchev–Trinajstić information content (AvgIpc) is 2.82. The summed E-state index contributed by atoms with van der Waals surface area (Å²) >= 11 is 0. The van der Waals surface area contributed by atoms with E-state index in [4.69, 9.17) is 4.74 Å². The van der Waals surface area contributed by atoms with Crippen LogP contribution in [0.15, 0.2) is 29.3 Å². The molecule has 0 aliphatic carbocycles. The second-order valence-electron chi connectivity index (χ2n) is 4.34. The van der Waals surface area contributed by atoms with Crippen LogP contribution >= 0.6 is 0 Å². The molecule has 0 aromatic heterocycles. The molecule has 0 spiro atoms. The van der Waals surface area contributed by atoms with E-state index in [2.05, 4.69) is 21.3 Å². The zero-order valence-corrected chi connectivity index (χ0v) is 10.4. The van der Waals surface area contributed by atoms with Crippen molar-refractivity contribution in [2.45, 2.75) is 0 Å². The van der Waals surface area contributed by atoms with Gasteiger partial charge in [0.25, 0.3) is 0 Å². The molecule has 92 valence electrons. The lowest BCUT2D eigenvalue weighted by Gasteiger charge is -2.11. The van der Waals surface area contributed by atoms with E-state index in [0.717, 1.165) is 36.8 Å². The minimum Gasteiger partial charge on any atom is -0.492 e. The maximum absolute atomic E-state index is 5.69. The summed E-state index contributed by atoms with van der Waals surface area (Å²) in [7, 11) is 4.08. The van der Waals surface area contributed by atoms with E-state index in [0.29, 0.717) is 6.61 Å². The second kappa shape index (κ2) is 5.68. The smallest absolute Gasteiger partial charge is 0.128 e. The summed E-state index contributed by atoms with van der Waals surface area (Å²) in [5.41, 5.74) is 1.10. The summed E-state index contributed by atoms with van der Waals surface area (Å²) in [5, 5.41) is 3.26. The Kier molecular flexibility index (Phi) is 3.98. The van der Waals surface area contributed by atoms with Crippen molar-refractivity contribution in [3.63, 3.8) is 0 Å². The van der Waals surface area contributed by atoms with Crippen LogP contribution in [-0.2, 0) is 0 Å². The Balaban J connectivity index is 1.96. The van der Waals surface area contributed by atoms with Gasteiger partial charge in [0.2, 0.25) is 0 Å². The zero-order valence-electron chi connectivity index (χ0n) is 10.4. The Hall–Kier alpha value is -1.55. The van der Waals surface area contributed by atoms with Gasteiger partial charge >= 0.3 is 0 Å². The Labute approximate surface area is 102 Å². The number of aliphatic imine (C=N–C) groups is 1. The highest BCUT2D eigenvalue weighted by atomic mass is 16.5. The minimum absolute atomic E-state index is 0.705. The van der Waals surface area contributed by atoms with E-state index in [-0.39, 0.29) is 0 Å².